The highest BCUT2D eigenvalue weighted by Crippen LogP contribution is 2.49. The van der Waals surface area contributed by atoms with Crippen molar-refractivity contribution in [3.05, 3.63) is 169 Å². The van der Waals surface area contributed by atoms with Crippen LogP contribution in [0.2, 0.25) is 0 Å². The number of fused-ring (bicyclic) bond motifs is 26. The zero-order valence-corrected chi connectivity index (χ0v) is 32.4. The maximum atomic E-state index is 6.76. The number of aryl methyl sites for hydroxylation is 1. The van der Waals surface area contributed by atoms with E-state index in [2.05, 4.69) is 173 Å². The zero-order chi connectivity index (χ0) is 38.5. The van der Waals surface area contributed by atoms with Crippen molar-refractivity contribution in [1.29, 1.82) is 0 Å². The molecule has 0 fully saturated rings. The van der Waals surface area contributed by atoms with E-state index < -0.39 is 0 Å². The number of benzene rings is 10. The Balaban J connectivity index is 1.21. The van der Waals surface area contributed by atoms with Gasteiger partial charge in [0.1, 0.15) is 11.1 Å². The van der Waals surface area contributed by atoms with E-state index in [1.54, 1.807) is 0 Å². The highest BCUT2D eigenvalue weighted by Gasteiger charge is 2.42. The number of nitrogens with zero attached hydrogens (tertiary/aromatic N) is 2. The van der Waals surface area contributed by atoms with Crippen LogP contribution in [0.25, 0.3) is 126 Å². The summed E-state index contributed by atoms with van der Waals surface area (Å²) in [7, 11) is 0. The molecule has 0 saturated carbocycles. The maximum absolute atomic E-state index is 6.76. The first-order valence-electron chi connectivity index (χ1n) is 21.3. The average Bonchev–Trinajstić information content (AvgIpc) is 3.97. The summed E-state index contributed by atoms with van der Waals surface area (Å²) in [5, 5.41) is 18.4. The van der Waals surface area contributed by atoms with E-state index in [9.17, 15) is 0 Å². The fourth-order valence-electron chi connectivity index (χ4n) is 12.6. The van der Waals surface area contributed by atoms with E-state index in [4.69, 9.17) is 4.42 Å². The molecule has 13 aromatic rings. The predicted octanol–water partition coefficient (Wildman–Crippen LogP) is 12.5. The summed E-state index contributed by atoms with van der Waals surface area (Å²) in [5.41, 5.74) is 16.3. The summed E-state index contributed by atoms with van der Waals surface area (Å²) in [6.07, 6.45) is 6.84. The number of para-hydroxylation sites is 2. The molecule has 4 heteroatoms. The number of aromatic nitrogens is 2. The molecule has 3 aromatic heterocycles. The van der Waals surface area contributed by atoms with Crippen LogP contribution in [-0.4, -0.2) is 15.8 Å². The molecule has 0 amide bonds. The van der Waals surface area contributed by atoms with Crippen molar-refractivity contribution in [3.8, 4) is 11.4 Å². The minimum atomic E-state index is 0.0237. The second-order valence-corrected chi connectivity index (χ2v) is 17.3. The van der Waals surface area contributed by atoms with E-state index in [0.29, 0.717) is 0 Å². The summed E-state index contributed by atoms with van der Waals surface area (Å²) in [6, 6.07) is 57.3. The minimum Gasteiger partial charge on any atom is -0.454 e. The lowest BCUT2D eigenvalue weighted by Crippen LogP contribution is -2.59. The van der Waals surface area contributed by atoms with Gasteiger partial charge in [-0.15, -0.1) is 0 Å². The van der Waals surface area contributed by atoms with Crippen LogP contribution in [0.15, 0.2) is 162 Å². The summed E-state index contributed by atoms with van der Waals surface area (Å²) in [6.45, 7) is 0.0237. The number of allylic oxidation sites excluding steroid dienone is 1. The van der Waals surface area contributed by atoms with Gasteiger partial charge in [0.2, 0.25) is 0 Å². The van der Waals surface area contributed by atoms with E-state index in [1.165, 1.54) is 125 Å². The Labute approximate surface area is 343 Å². The first kappa shape index (κ1) is 30.5. The van der Waals surface area contributed by atoms with Crippen molar-refractivity contribution >= 4 is 138 Å². The van der Waals surface area contributed by atoms with Gasteiger partial charge in [0.05, 0.1) is 16.6 Å². The number of hydrogen-bond acceptors (Lipinski definition) is 1. The van der Waals surface area contributed by atoms with Crippen LogP contribution >= 0.6 is 0 Å². The molecule has 1 aliphatic carbocycles. The fourth-order valence-corrected chi connectivity index (χ4v) is 12.6. The van der Waals surface area contributed by atoms with Gasteiger partial charge < -0.3 is 13.6 Å². The van der Waals surface area contributed by atoms with Crippen molar-refractivity contribution in [2.45, 2.75) is 12.8 Å². The van der Waals surface area contributed by atoms with Crippen LogP contribution < -0.4 is 16.4 Å². The van der Waals surface area contributed by atoms with Crippen molar-refractivity contribution in [2.24, 2.45) is 0 Å². The average molecular weight is 759 g/mol. The molecule has 0 N–H and O–H groups in total. The van der Waals surface area contributed by atoms with Gasteiger partial charge in [0.25, 0.3) is 6.71 Å². The molecular weight excluding hydrogens is 727 g/mol. The third kappa shape index (κ3) is 3.33. The van der Waals surface area contributed by atoms with Crippen LogP contribution in [0.4, 0.5) is 0 Å². The highest BCUT2D eigenvalue weighted by molar-refractivity contribution is 7.00. The number of furan rings is 1. The van der Waals surface area contributed by atoms with Crippen molar-refractivity contribution in [1.82, 2.24) is 9.13 Å². The van der Waals surface area contributed by atoms with Crippen LogP contribution in [0.3, 0.4) is 0 Å². The molecule has 0 bridgehead atoms. The predicted molar refractivity (Wildman–Crippen MR) is 254 cm³/mol. The molecule has 0 saturated heterocycles. The molecule has 0 spiro atoms. The van der Waals surface area contributed by atoms with Gasteiger partial charge in [0, 0.05) is 38.3 Å². The molecule has 0 unspecified atom stereocenters. The van der Waals surface area contributed by atoms with E-state index in [-0.39, 0.29) is 6.71 Å². The molecule has 16 rings (SSSR count). The topological polar surface area (TPSA) is 23.0 Å². The standard InChI is InChI=1S/C56H31BN2O/c1-3-17-34-30(13-1)32-15-5-7-19-36(32)48-38(34)27-28-44-50(48)51-49-37-20-8-6-16-33(37)31-14-2-4-18-35(31)41(49)29-43-55(51)58(44)45-24-12-25-46-52(45)57(43)42-23-11-22-40-53(42)59(46)54-39-21-9-10-26-47(39)60-56(40)54/h1-6,8-18,20-29H,7,19H2. The monoisotopic (exact) mass is 758 g/mol. The largest absolute Gasteiger partial charge is 0.454 e. The third-order valence-corrected chi connectivity index (χ3v) is 14.7. The van der Waals surface area contributed by atoms with Crippen molar-refractivity contribution in [2.75, 3.05) is 0 Å². The zero-order valence-electron chi connectivity index (χ0n) is 32.4. The van der Waals surface area contributed by atoms with Crippen molar-refractivity contribution < 1.29 is 4.42 Å². The summed E-state index contributed by atoms with van der Waals surface area (Å²) < 4.78 is 12.0. The Morgan fingerprint density at radius 2 is 1.10 bits per heavy atom. The van der Waals surface area contributed by atoms with Crippen LogP contribution in [0.5, 0.6) is 0 Å². The molecular formula is C56H31BN2O. The van der Waals surface area contributed by atoms with E-state index >= 15 is 0 Å². The molecule has 2 aliphatic heterocycles. The Hall–Kier alpha value is -7.56. The summed E-state index contributed by atoms with van der Waals surface area (Å²) >= 11 is 0. The van der Waals surface area contributed by atoms with Gasteiger partial charge in [-0.3, -0.25) is 0 Å². The molecule has 0 radical (unpaired) electrons. The smallest absolute Gasteiger partial charge is 0.252 e. The lowest BCUT2D eigenvalue weighted by Gasteiger charge is -2.33. The number of hydrogen-bond donors (Lipinski definition) is 0. The normalized spacial score (nSPS) is 14.1. The van der Waals surface area contributed by atoms with Gasteiger partial charge >= 0.3 is 0 Å². The van der Waals surface area contributed by atoms with Crippen LogP contribution in [-0.2, 0) is 6.42 Å². The third-order valence-electron chi connectivity index (χ3n) is 14.7. The molecule has 10 aromatic carbocycles. The van der Waals surface area contributed by atoms with Gasteiger partial charge in [-0.25, -0.2) is 0 Å². The Morgan fingerprint density at radius 3 is 1.93 bits per heavy atom. The van der Waals surface area contributed by atoms with Gasteiger partial charge in [0.15, 0.2) is 5.58 Å². The maximum Gasteiger partial charge on any atom is 0.252 e. The molecule has 5 heterocycles. The first-order valence-corrected chi connectivity index (χ1v) is 21.3. The lowest BCUT2D eigenvalue weighted by molar-refractivity contribution is 0.673. The number of rotatable bonds is 0. The molecule has 274 valence electrons. The van der Waals surface area contributed by atoms with E-state index in [0.717, 1.165) is 34.9 Å². The molecule has 60 heavy (non-hydrogen) atoms. The van der Waals surface area contributed by atoms with Gasteiger partial charge in [-0.05, 0) is 125 Å². The molecule has 3 aliphatic rings. The summed E-state index contributed by atoms with van der Waals surface area (Å²) in [4.78, 5) is 0. The second-order valence-electron chi connectivity index (χ2n) is 17.3. The van der Waals surface area contributed by atoms with Crippen LogP contribution in [0, 0.1) is 0 Å². The molecule has 3 nitrogen and oxygen atoms in total. The first-order chi connectivity index (χ1) is 29.8. The van der Waals surface area contributed by atoms with Gasteiger partial charge in [-0.2, -0.15) is 0 Å². The quantitative estimate of drug-likeness (QED) is 0.112. The fraction of sp³-hybridized carbons (Fsp3) is 0.0357. The highest BCUT2D eigenvalue weighted by atomic mass is 16.3. The Morgan fingerprint density at radius 1 is 0.450 bits per heavy atom. The van der Waals surface area contributed by atoms with Crippen molar-refractivity contribution in [3.63, 3.8) is 0 Å². The Bertz CT molecular complexity index is 4250. The van der Waals surface area contributed by atoms with Crippen LogP contribution in [0.1, 0.15) is 17.5 Å². The molecule has 0 atom stereocenters. The lowest BCUT2D eigenvalue weighted by atomic mass is 9.34. The van der Waals surface area contributed by atoms with Gasteiger partial charge in [-0.1, -0.05) is 127 Å². The SMILES string of the molecule is C1=Cc2c(c3c(ccc4c3c3c5c6ccccc6c6ccccc6c5cc5c3n4-c3cccc4c3B5c3cccc5c6oc7ccccc7c6n-4c35)c3ccccc23)CC1. The minimum absolute atomic E-state index is 0.0237. The van der Waals surface area contributed by atoms with E-state index in [1.807, 2.05) is 0 Å². The Kier molecular flexibility index (Phi) is 5.27. The second kappa shape index (κ2) is 10.4. The summed E-state index contributed by atoms with van der Waals surface area (Å²) in [5.74, 6) is 0.